The van der Waals surface area contributed by atoms with Crippen molar-refractivity contribution in [3.8, 4) is 11.1 Å². The van der Waals surface area contributed by atoms with E-state index in [9.17, 15) is 19.5 Å². The molecule has 7 heteroatoms. The Bertz CT molecular complexity index is 2050. The van der Waals surface area contributed by atoms with Crippen molar-refractivity contribution in [2.24, 2.45) is 0 Å². The van der Waals surface area contributed by atoms with Crippen LogP contribution in [-0.4, -0.2) is 36.0 Å². The molecule has 0 heterocycles. The summed E-state index contributed by atoms with van der Waals surface area (Å²) in [6.45, 7) is 0. The van der Waals surface area contributed by atoms with Crippen molar-refractivity contribution in [2.45, 2.75) is 12.5 Å². The third-order valence-electron chi connectivity index (χ3n) is 8.13. The van der Waals surface area contributed by atoms with Crippen molar-refractivity contribution in [3.05, 3.63) is 162 Å². The van der Waals surface area contributed by atoms with E-state index in [1.54, 1.807) is 60.5 Å². The van der Waals surface area contributed by atoms with E-state index in [0.717, 1.165) is 38.8 Å². The molecule has 0 saturated carbocycles. The van der Waals surface area contributed by atoms with Gasteiger partial charge in [-0.1, -0.05) is 115 Å². The van der Waals surface area contributed by atoms with E-state index in [1.807, 2.05) is 97.1 Å². The Kier molecular flexibility index (Phi) is 9.06. The van der Waals surface area contributed by atoms with Gasteiger partial charge in [-0.3, -0.25) is 9.69 Å². The van der Waals surface area contributed by atoms with Crippen LogP contribution in [0.25, 0.3) is 21.9 Å². The molecule has 0 aromatic heterocycles. The highest BCUT2D eigenvalue weighted by Crippen LogP contribution is 2.28. The van der Waals surface area contributed by atoms with Crippen LogP contribution in [0.15, 0.2) is 146 Å². The van der Waals surface area contributed by atoms with E-state index in [4.69, 9.17) is 0 Å². The topological polar surface area (TPSA) is 98.7 Å². The second-order valence-electron chi connectivity index (χ2n) is 11.2. The molecule has 7 nitrogen and oxygen atoms in total. The minimum atomic E-state index is -1.02. The number of amides is 2. The fourth-order valence-electron chi connectivity index (χ4n) is 5.55. The van der Waals surface area contributed by atoms with Gasteiger partial charge in [-0.25, -0.2) is 9.59 Å². The summed E-state index contributed by atoms with van der Waals surface area (Å²) < 4.78 is 0. The van der Waals surface area contributed by atoms with Crippen molar-refractivity contribution in [3.63, 3.8) is 0 Å². The number of urea groups is 1. The van der Waals surface area contributed by atoms with Crippen LogP contribution in [0.2, 0.25) is 0 Å². The summed E-state index contributed by atoms with van der Waals surface area (Å²) in [7, 11) is 1.73. The van der Waals surface area contributed by atoms with Crippen molar-refractivity contribution in [1.29, 1.82) is 0 Å². The van der Waals surface area contributed by atoms with Crippen LogP contribution in [0.4, 0.5) is 21.9 Å². The molecule has 1 unspecified atom stereocenters. The number of hydrogen-bond donors (Lipinski definition) is 3. The quantitative estimate of drug-likeness (QED) is 0.134. The zero-order valence-corrected chi connectivity index (χ0v) is 25.8. The molecule has 0 fully saturated rings. The molecule has 6 rings (SSSR count). The molecule has 0 spiro atoms. The zero-order chi connectivity index (χ0) is 32.8. The fraction of sp³-hybridized carbons (Fsp3) is 0.0750. The number of ketones is 1. The summed E-state index contributed by atoms with van der Waals surface area (Å²) in [4.78, 5) is 40.3. The molecule has 0 aliphatic rings. The Morgan fingerprint density at radius 2 is 1.34 bits per heavy atom. The normalized spacial score (nSPS) is 11.4. The second-order valence-corrected chi connectivity index (χ2v) is 11.2. The SMILES string of the molecule is CN(C(=O)Nc1cccc2ccccc12)c1cccc(-c2ccc(CC(Nc3ccccc3C(=O)c3ccccc3)C(=O)O)cc2)c1. The first-order valence-corrected chi connectivity index (χ1v) is 15.3. The molecule has 0 bridgehead atoms. The molecule has 0 aliphatic heterocycles. The fourth-order valence-corrected chi connectivity index (χ4v) is 5.55. The Morgan fingerprint density at radius 1 is 0.681 bits per heavy atom. The second kappa shape index (κ2) is 13.8. The number of rotatable bonds is 10. The van der Waals surface area contributed by atoms with E-state index in [1.165, 1.54) is 0 Å². The number of anilines is 3. The van der Waals surface area contributed by atoms with Crippen LogP contribution in [0.1, 0.15) is 21.5 Å². The Labute approximate surface area is 273 Å². The average Bonchev–Trinajstić information content (AvgIpc) is 3.11. The lowest BCUT2D eigenvalue weighted by molar-refractivity contribution is -0.137. The lowest BCUT2D eigenvalue weighted by Crippen LogP contribution is -2.32. The third kappa shape index (κ3) is 7.05. The Balaban J connectivity index is 1.15. The monoisotopic (exact) mass is 619 g/mol. The highest BCUT2D eigenvalue weighted by atomic mass is 16.4. The summed E-state index contributed by atoms with van der Waals surface area (Å²) in [5.41, 5.74) is 5.55. The lowest BCUT2D eigenvalue weighted by atomic mass is 9.98. The van der Waals surface area contributed by atoms with Gasteiger partial charge in [0.15, 0.2) is 5.78 Å². The number of nitrogens with zero attached hydrogens (tertiary/aromatic N) is 1. The van der Waals surface area contributed by atoms with Crippen molar-refractivity contribution in [1.82, 2.24) is 0 Å². The van der Waals surface area contributed by atoms with E-state index < -0.39 is 12.0 Å². The van der Waals surface area contributed by atoms with Crippen LogP contribution in [0, 0.1) is 0 Å². The van der Waals surface area contributed by atoms with E-state index >= 15 is 0 Å². The Morgan fingerprint density at radius 3 is 2.13 bits per heavy atom. The van der Waals surface area contributed by atoms with Gasteiger partial charge in [0, 0.05) is 41.4 Å². The summed E-state index contributed by atoms with van der Waals surface area (Å²) in [5, 5.41) is 18.2. The molecule has 0 saturated heterocycles. The summed E-state index contributed by atoms with van der Waals surface area (Å²) in [5.74, 6) is -1.20. The number of carbonyl (C=O) groups excluding carboxylic acids is 2. The largest absolute Gasteiger partial charge is 0.480 e. The van der Waals surface area contributed by atoms with Gasteiger partial charge in [0.2, 0.25) is 0 Å². The number of para-hydroxylation sites is 1. The maximum absolute atomic E-state index is 13.2. The first-order chi connectivity index (χ1) is 22.9. The molecular weight excluding hydrogens is 586 g/mol. The number of aliphatic carboxylic acids is 1. The molecule has 2 amide bonds. The molecule has 6 aromatic carbocycles. The minimum absolute atomic E-state index is 0.180. The maximum Gasteiger partial charge on any atom is 0.326 e. The van der Waals surface area contributed by atoms with Crippen LogP contribution in [0.5, 0.6) is 0 Å². The number of nitrogens with one attached hydrogen (secondary N) is 2. The smallest absolute Gasteiger partial charge is 0.326 e. The molecule has 1 atom stereocenters. The molecule has 3 N–H and O–H groups in total. The lowest BCUT2D eigenvalue weighted by Gasteiger charge is -2.20. The number of hydrogen-bond acceptors (Lipinski definition) is 4. The van der Waals surface area contributed by atoms with Gasteiger partial charge in [-0.2, -0.15) is 0 Å². The molecule has 6 aromatic rings. The molecular formula is C40H33N3O4. The molecule has 0 radical (unpaired) electrons. The minimum Gasteiger partial charge on any atom is -0.480 e. The zero-order valence-electron chi connectivity index (χ0n) is 25.8. The number of carboxylic acid groups (broad SMARTS) is 1. The first-order valence-electron chi connectivity index (χ1n) is 15.3. The van der Waals surface area contributed by atoms with Gasteiger partial charge in [0.25, 0.3) is 0 Å². The van der Waals surface area contributed by atoms with Gasteiger partial charge in [0.1, 0.15) is 6.04 Å². The van der Waals surface area contributed by atoms with E-state index in [2.05, 4.69) is 10.6 Å². The van der Waals surface area contributed by atoms with Crippen LogP contribution in [0.3, 0.4) is 0 Å². The Hall–Kier alpha value is -6.21. The van der Waals surface area contributed by atoms with Gasteiger partial charge < -0.3 is 15.7 Å². The number of carboxylic acids is 1. The number of benzene rings is 6. The van der Waals surface area contributed by atoms with Crippen LogP contribution >= 0.6 is 0 Å². The summed E-state index contributed by atoms with van der Waals surface area (Å²) >= 11 is 0. The molecule has 232 valence electrons. The number of fused-ring (bicyclic) bond motifs is 1. The predicted molar refractivity (Wildman–Crippen MR) is 188 cm³/mol. The summed E-state index contributed by atoms with van der Waals surface area (Å²) in [6.07, 6.45) is 0.209. The predicted octanol–water partition coefficient (Wildman–Crippen LogP) is 8.51. The molecule has 0 aliphatic carbocycles. The van der Waals surface area contributed by atoms with Crippen LogP contribution in [-0.2, 0) is 11.2 Å². The van der Waals surface area contributed by atoms with E-state index in [0.29, 0.717) is 16.8 Å². The first kappa shape index (κ1) is 30.8. The highest BCUT2D eigenvalue weighted by molar-refractivity contribution is 6.12. The summed E-state index contributed by atoms with van der Waals surface area (Å²) in [6, 6.07) is 43.8. The number of carbonyl (C=O) groups is 3. The maximum atomic E-state index is 13.2. The van der Waals surface area contributed by atoms with Gasteiger partial charge in [0.05, 0.1) is 5.69 Å². The van der Waals surface area contributed by atoms with Gasteiger partial charge >= 0.3 is 12.0 Å². The van der Waals surface area contributed by atoms with Gasteiger partial charge in [-0.15, -0.1) is 0 Å². The van der Waals surface area contributed by atoms with E-state index in [-0.39, 0.29) is 18.2 Å². The average molecular weight is 620 g/mol. The standard InChI is InChI=1S/C40H33N3O4/c1-43(40(47)42-35-20-10-14-29-11-5-6-17-33(29)35)32-16-9-15-31(26-32)28-23-21-27(22-24-28)25-37(39(45)46)41-36-19-8-7-18-34(36)38(44)30-12-3-2-4-13-30/h2-24,26,37,41H,25H2,1H3,(H,42,47)(H,45,46). The molecule has 47 heavy (non-hydrogen) atoms. The van der Waals surface area contributed by atoms with Crippen molar-refractivity contribution < 1.29 is 19.5 Å². The third-order valence-corrected chi connectivity index (χ3v) is 8.13. The van der Waals surface area contributed by atoms with Crippen molar-refractivity contribution >= 4 is 45.6 Å². The van der Waals surface area contributed by atoms with Crippen LogP contribution < -0.4 is 15.5 Å². The highest BCUT2D eigenvalue weighted by Gasteiger charge is 2.21. The van der Waals surface area contributed by atoms with Crippen molar-refractivity contribution in [2.75, 3.05) is 22.6 Å². The van der Waals surface area contributed by atoms with Gasteiger partial charge in [-0.05, 0) is 52.4 Å².